The first-order chi connectivity index (χ1) is 16.9. The summed E-state index contributed by atoms with van der Waals surface area (Å²) >= 11 is 1.41. The molecule has 2 aliphatic rings. The number of rotatable bonds is 5. The van der Waals surface area contributed by atoms with Crippen LogP contribution in [0.1, 0.15) is 40.2 Å². The number of piperidine rings is 1. The van der Waals surface area contributed by atoms with Gasteiger partial charge < -0.3 is 9.80 Å². The molecular weight excluding hydrogens is 484 g/mol. The Bertz CT molecular complexity index is 1360. The Labute approximate surface area is 209 Å². The maximum Gasteiger partial charge on any atom is 0.369 e. The van der Waals surface area contributed by atoms with Crippen molar-refractivity contribution in [2.24, 2.45) is 0 Å². The van der Waals surface area contributed by atoms with Gasteiger partial charge in [0.15, 0.2) is 0 Å². The van der Waals surface area contributed by atoms with E-state index in [1.807, 2.05) is 10.3 Å². The number of nitroso groups, excluding NO2 is 1. The number of likely N-dealkylation sites (N-methyl/N-ethyl adjacent to an activating group) is 1. The van der Waals surface area contributed by atoms with E-state index >= 15 is 0 Å². The highest BCUT2D eigenvalue weighted by molar-refractivity contribution is 7.79. The molecule has 1 fully saturated rings. The van der Waals surface area contributed by atoms with Crippen molar-refractivity contribution in [1.82, 2.24) is 9.88 Å². The molecular formula is C25H23N4O4S2+. The van der Waals surface area contributed by atoms with E-state index in [0.717, 1.165) is 32.4 Å². The van der Waals surface area contributed by atoms with Crippen LogP contribution in [0.2, 0.25) is 0 Å². The zero-order valence-electron chi connectivity index (χ0n) is 19.0. The number of thiazole rings is 1. The summed E-state index contributed by atoms with van der Waals surface area (Å²) in [5.41, 5.74) is 2.41. The molecule has 2 amide bonds. The number of benzene rings is 2. The summed E-state index contributed by atoms with van der Waals surface area (Å²) in [6.07, 6.45) is 6.50. The van der Waals surface area contributed by atoms with E-state index in [-0.39, 0.29) is 22.4 Å². The fraction of sp³-hybridized carbons (Fsp3) is 0.240. The summed E-state index contributed by atoms with van der Waals surface area (Å²) < 4.78 is 13.5. The van der Waals surface area contributed by atoms with E-state index in [1.165, 1.54) is 28.4 Å². The molecule has 8 nitrogen and oxygen atoms in total. The lowest BCUT2D eigenvalue weighted by atomic mass is 10.1. The molecule has 0 radical (unpaired) electrons. The predicted molar refractivity (Wildman–Crippen MR) is 136 cm³/mol. The third-order valence-corrected chi connectivity index (χ3v) is 8.09. The van der Waals surface area contributed by atoms with Gasteiger partial charge in [-0.15, -0.1) is 11.3 Å². The lowest BCUT2D eigenvalue weighted by Crippen LogP contribution is -2.35. The fourth-order valence-corrected chi connectivity index (χ4v) is 5.78. The Morgan fingerprint density at radius 2 is 1.86 bits per heavy atom. The topological polar surface area (TPSA) is 90.7 Å². The van der Waals surface area contributed by atoms with Crippen LogP contribution in [0, 0.1) is 4.91 Å². The van der Waals surface area contributed by atoms with Gasteiger partial charge in [0.1, 0.15) is 14.1 Å². The molecule has 0 N–H and O–H groups in total. The second kappa shape index (κ2) is 9.63. The SMILES string of the molecule is CN1C(=O)/C(=C/c2nccs2)c2cc(S(=O)[N+](=O)c3ccc(C(=O)N4CCCCC4)cc3)ccc21. The minimum atomic E-state index is -2.06. The molecule has 0 spiro atoms. The molecule has 3 heterocycles. The number of hydrogen-bond donors (Lipinski definition) is 0. The van der Waals surface area contributed by atoms with E-state index in [0.29, 0.717) is 31.6 Å². The minimum Gasteiger partial charge on any atom is -0.339 e. The van der Waals surface area contributed by atoms with Crippen LogP contribution in [0.5, 0.6) is 0 Å². The van der Waals surface area contributed by atoms with Crippen molar-refractivity contribution in [3.63, 3.8) is 0 Å². The van der Waals surface area contributed by atoms with Gasteiger partial charge in [-0.1, -0.05) is 0 Å². The van der Waals surface area contributed by atoms with E-state index in [9.17, 15) is 18.7 Å². The summed E-state index contributed by atoms with van der Waals surface area (Å²) in [5.74, 6) is -0.243. The average molecular weight is 508 g/mol. The van der Waals surface area contributed by atoms with Crippen LogP contribution in [-0.2, 0) is 15.8 Å². The van der Waals surface area contributed by atoms with Gasteiger partial charge in [-0.05, 0) is 55.7 Å². The molecule has 3 aromatic rings. The number of nitrogens with zero attached hydrogens (tertiary/aromatic N) is 4. The Morgan fingerprint density at radius 1 is 1.11 bits per heavy atom. The first-order valence-corrected chi connectivity index (χ1v) is 13.2. The molecule has 0 bridgehead atoms. The Balaban J connectivity index is 1.38. The number of carbonyl (C=O) groups is 2. The number of fused-ring (bicyclic) bond motifs is 1. The van der Waals surface area contributed by atoms with Crippen LogP contribution in [0.25, 0.3) is 11.6 Å². The maximum absolute atomic E-state index is 13.1. The summed E-state index contributed by atoms with van der Waals surface area (Å²) in [6, 6.07) is 11.1. The lowest BCUT2D eigenvalue weighted by Gasteiger charge is -2.26. The van der Waals surface area contributed by atoms with Gasteiger partial charge in [0, 0.05) is 59.9 Å². The number of amides is 2. The number of likely N-dealkylation sites (tertiary alicyclic amines) is 1. The molecule has 2 aliphatic heterocycles. The quantitative estimate of drug-likeness (QED) is 0.377. The Hall–Kier alpha value is -3.50. The smallest absolute Gasteiger partial charge is 0.339 e. The molecule has 35 heavy (non-hydrogen) atoms. The second-order valence-corrected chi connectivity index (χ2v) is 10.6. The van der Waals surface area contributed by atoms with Crippen LogP contribution in [0.4, 0.5) is 11.4 Å². The van der Waals surface area contributed by atoms with Crippen molar-refractivity contribution in [1.29, 1.82) is 0 Å². The summed E-state index contributed by atoms with van der Waals surface area (Å²) in [7, 11) is -0.383. The highest BCUT2D eigenvalue weighted by atomic mass is 32.2. The van der Waals surface area contributed by atoms with Gasteiger partial charge in [0.25, 0.3) is 17.5 Å². The number of anilines is 1. The standard InChI is InChI=1S/C25H23N4O4S2/c1-27-22-10-9-19(15-20(22)21(25(27)31)16-23-26-11-14-34-23)35(33)29(32)18-7-5-17(6-8-18)24(30)28-12-3-2-4-13-28/h5-11,14-16H,2-4,12-13H2,1H3/q+1/b21-16+. The highest BCUT2D eigenvalue weighted by Crippen LogP contribution is 2.38. The van der Waals surface area contributed by atoms with Crippen LogP contribution < -0.4 is 4.90 Å². The zero-order valence-corrected chi connectivity index (χ0v) is 20.7. The van der Waals surface area contributed by atoms with Gasteiger partial charge in [0.05, 0.1) is 11.3 Å². The van der Waals surface area contributed by atoms with Gasteiger partial charge >= 0.3 is 11.0 Å². The zero-order chi connectivity index (χ0) is 24.5. The van der Waals surface area contributed by atoms with Crippen molar-refractivity contribution in [2.75, 3.05) is 25.0 Å². The monoisotopic (exact) mass is 507 g/mol. The van der Waals surface area contributed by atoms with Crippen LogP contribution in [0.15, 0.2) is 58.9 Å². The molecule has 1 atom stereocenters. The molecule has 1 unspecified atom stereocenters. The van der Waals surface area contributed by atoms with Crippen molar-refractivity contribution in [3.8, 4) is 0 Å². The van der Waals surface area contributed by atoms with Crippen molar-refractivity contribution < 1.29 is 18.0 Å². The average Bonchev–Trinajstić information content (AvgIpc) is 3.50. The largest absolute Gasteiger partial charge is 0.369 e. The second-order valence-electron chi connectivity index (χ2n) is 8.38. The van der Waals surface area contributed by atoms with E-state index in [2.05, 4.69) is 4.98 Å². The molecule has 0 aliphatic carbocycles. The van der Waals surface area contributed by atoms with Crippen LogP contribution >= 0.6 is 11.3 Å². The first kappa shape index (κ1) is 23.3. The Kier molecular flexibility index (Phi) is 6.40. The van der Waals surface area contributed by atoms with Gasteiger partial charge in [0.2, 0.25) is 0 Å². The summed E-state index contributed by atoms with van der Waals surface area (Å²) in [6.45, 7) is 1.49. The fourth-order valence-electron chi connectivity index (χ4n) is 4.30. The molecule has 2 aromatic carbocycles. The van der Waals surface area contributed by atoms with Crippen LogP contribution in [-0.4, -0.2) is 50.2 Å². The molecule has 5 rings (SSSR count). The predicted octanol–water partition coefficient (Wildman–Crippen LogP) is 4.42. The third-order valence-electron chi connectivity index (χ3n) is 6.19. The summed E-state index contributed by atoms with van der Waals surface area (Å²) in [5, 5.41) is 2.51. The Morgan fingerprint density at radius 3 is 2.54 bits per heavy atom. The van der Waals surface area contributed by atoms with Crippen LogP contribution in [0.3, 0.4) is 0 Å². The molecule has 1 aromatic heterocycles. The van der Waals surface area contributed by atoms with E-state index < -0.39 is 11.0 Å². The minimum absolute atomic E-state index is 0.0539. The molecule has 0 saturated carbocycles. The molecule has 10 heteroatoms. The molecule has 1 saturated heterocycles. The maximum atomic E-state index is 13.1. The van der Waals surface area contributed by atoms with Gasteiger partial charge in [-0.2, -0.15) is 4.21 Å². The molecule has 178 valence electrons. The normalized spacial score (nSPS) is 17.5. The van der Waals surface area contributed by atoms with E-state index in [1.54, 1.807) is 49.7 Å². The van der Waals surface area contributed by atoms with Crippen molar-refractivity contribution in [2.45, 2.75) is 24.2 Å². The lowest BCUT2D eigenvalue weighted by molar-refractivity contribution is -0.277. The highest BCUT2D eigenvalue weighted by Gasteiger charge is 2.33. The number of carbonyl (C=O) groups excluding carboxylic acids is 2. The summed E-state index contributed by atoms with van der Waals surface area (Å²) in [4.78, 5) is 46.2. The number of hydrogen-bond acceptors (Lipinski definition) is 6. The van der Waals surface area contributed by atoms with E-state index in [4.69, 9.17) is 0 Å². The first-order valence-electron chi connectivity index (χ1n) is 11.3. The van der Waals surface area contributed by atoms with Crippen molar-refractivity contribution >= 4 is 57.2 Å². The number of aromatic nitrogens is 1. The van der Waals surface area contributed by atoms with Crippen molar-refractivity contribution in [3.05, 3.63) is 75.1 Å². The van der Waals surface area contributed by atoms with Gasteiger partial charge in [-0.25, -0.2) is 4.98 Å². The van der Waals surface area contributed by atoms with Gasteiger partial charge in [-0.3, -0.25) is 9.59 Å². The third kappa shape index (κ3) is 4.46.